The third kappa shape index (κ3) is 3.70. The largest absolute Gasteiger partial charge is 0.352 e. The Hall–Kier alpha value is -1.10. The number of benzene rings is 1. The fraction of sp³-hybridized carbons (Fsp3) is 0.611. The van der Waals surface area contributed by atoms with Crippen molar-refractivity contribution in [3.63, 3.8) is 0 Å². The molecule has 126 valence electrons. The fourth-order valence-corrected chi connectivity index (χ4v) is 5.04. The van der Waals surface area contributed by atoms with Crippen LogP contribution in [0.15, 0.2) is 23.1 Å². The predicted molar refractivity (Wildman–Crippen MR) is 88.2 cm³/mol. The Morgan fingerprint density at radius 2 is 2.04 bits per heavy atom. The molecule has 1 aromatic rings. The van der Waals surface area contributed by atoms with Crippen LogP contribution in [-0.2, 0) is 4.79 Å². The van der Waals surface area contributed by atoms with Gasteiger partial charge in [0, 0.05) is 17.0 Å². The Morgan fingerprint density at radius 1 is 1.26 bits per heavy atom. The van der Waals surface area contributed by atoms with Crippen LogP contribution < -0.4 is 5.32 Å². The Morgan fingerprint density at radius 3 is 2.65 bits per heavy atom. The molecule has 2 saturated carbocycles. The van der Waals surface area contributed by atoms with Gasteiger partial charge in [0.05, 0.1) is 5.25 Å². The minimum atomic E-state index is -0.615. The van der Waals surface area contributed by atoms with Gasteiger partial charge in [0.1, 0.15) is 11.6 Å². The van der Waals surface area contributed by atoms with Gasteiger partial charge in [0.15, 0.2) is 0 Å². The number of carbonyl (C=O) groups is 1. The van der Waals surface area contributed by atoms with Crippen LogP contribution in [0.2, 0.25) is 0 Å². The molecule has 0 saturated heterocycles. The summed E-state index contributed by atoms with van der Waals surface area (Å²) in [6.07, 6.45) is 5.18. The molecule has 2 fully saturated rings. The Kier molecular flexibility index (Phi) is 4.95. The number of fused-ring (bicyclic) bond motifs is 2. The topological polar surface area (TPSA) is 29.1 Å². The van der Waals surface area contributed by atoms with Crippen molar-refractivity contribution in [1.82, 2.24) is 5.32 Å². The molecule has 5 unspecified atom stereocenters. The molecule has 2 aliphatic rings. The van der Waals surface area contributed by atoms with Gasteiger partial charge in [0.2, 0.25) is 5.91 Å². The van der Waals surface area contributed by atoms with Crippen molar-refractivity contribution in [3.05, 3.63) is 29.8 Å². The van der Waals surface area contributed by atoms with Gasteiger partial charge >= 0.3 is 0 Å². The summed E-state index contributed by atoms with van der Waals surface area (Å²) in [6.45, 7) is 3.84. The van der Waals surface area contributed by atoms with Gasteiger partial charge in [-0.1, -0.05) is 6.42 Å². The summed E-state index contributed by atoms with van der Waals surface area (Å²) in [5.74, 6) is 0.897. The molecule has 5 heteroatoms. The van der Waals surface area contributed by atoms with E-state index in [2.05, 4.69) is 12.2 Å². The molecule has 0 heterocycles. The molecular weight excluding hydrogens is 316 g/mol. The van der Waals surface area contributed by atoms with E-state index in [1.165, 1.54) is 37.8 Å². The second-order valence-corrected chi connectivity index (χ2v) is 8.35. The van der Waals surface area contributed by atoms with E-state index in [0.29, 0.717) is 10.8 Å². The van der Waals surface area contributed by atoms with E-state index < -0.39 is 16.9 Å². The lowest BCUT2D eigenvalue weighted by Crippen LogP contribution is -2.43. The van der Waals surface area contributed by atoms with Crippen LogP contribution in [0.5, 0.6) is 0 Å². The van der Waals surface area contributed by atoms with E-state index in [0.717, 1.165) is 29.7 Å². The molecule has 5 atom stereocenters. The van der Waals surface area contributed by atoms with E-state index in [9.17, 15) is 13.6 Å². The number of hydrogen-bond acceptors (Lipinski definition) is 2. The first-order valence-electron chi connectivity index (χ1n) is 8.36. The summed E-state index contributed by atoms with van der Waals surface area (Å²) in [5, 5.41) is 2.69. The standard InChI is InChI=1S/C18H23F2NOS/c1-10(15-8-12-3-4-13(15)7-12)21-18(22)11(2)23-17-6-5-14(19)9-16(17)20/h5-6,9-13,15H,3-4,7-8H2,1-2H3,(H,21,22). The molecular formula is C18H23F2NOS. The first-order valence-corrected chi connectivity index (χ1v) is 9.24. The van der Waals surface area contributed by atoms with Gasteiger partial charge in [-0.3, -0.25) is 4.79 Å². The fourth-order valence-electron chi connectivity index (χ4n) is 4.17. The van der Waals surface area contributed by atoms with E-state index in [4.69, 9.17) is 0 Å². The minimum absolute atomic E-state index is 0.0750. The summed E-state index contributed by atoms with van der Waals surface area (Å²) in [5.41, 5.74) is 0. The number of nitrogens with one attached hydrogen (secondary N) is 1. The lowest BCUT2D eigenvalue weighted by molar-refractivity contribution is -0.121. The van der Waals surface area contributed by atoms with Crippen molar-refractivity contribution >= 4 is 17.7 Å². The molecule has 2 aliphatic carbocycles. The second-order valence-electron chi connectivity index (χ2n) is 6.97. The molecule has 2 nitrogen and oxygen atoms in total. The van der Waals surface area contributed by atoms with Crippen molar-refractivity contribution in [3.8, 4) is 0 Å². The molecule has 1 aromatic carbocycles. The Bertz CT molecular complexity index is 594. The quantitative estimate of drug-likeness (QED) is 0.806. The second kappa shape index (κ2) is 6.80. The average molecular weight is 339 g/mol. The number of halogens is 2. The monoisotopic (exact) mass is 339 g/mol. The van der Waals surface area contributed by atoms with Gasteiger partial charge in [-0.25, -0.2) is 8.78 Å². The number of carbonyl (C=O) groups excluding carboxylic acids is 1. The zero-order valence-electron chi connectivity index (χ0n) is 13.5. The van der Waals surface area contributed by atoms with Crippen LogP contribution in [0.3, 0.4) is 0 Å². The third-order valence-electron chi connectivity index (χ3n) is 5.37. The summed E-state index contributed by atoms with van der Waals surface area (Å²) in [4.78, 5) is 12.7. The smallest absolute Gasteiger partial charge is 0.233 e. The molecule has 2 bridgehead atoms. The van der Waals surface area contributed by atoms with Gasteiger partial charge in [-0.15, -0.1) is 11.8 Å². The number of hydrogen-bond donors (Lipinski definition) is 1. The SMILES string of the molecule is CC(Sc1ccc(F)cc1F)C(=O)NC(C)C1CC2CCC1C2. The molecule has 23 heavy (non-hydrogen) atoms. The van der Waals surface area contributed by atoms with E-state index in [-0.39, 0.29) is 11.9 Å². The summed E-state index contributed by atoms with van der Waals surface area (Å²) >= 11 is 1.13. The van der Waals surface area contributed by atoms with Gasteiger partial charge in [-0.2, -0.15) is 0 Å². The van der Waals surface area contributed by atoms with Crippen molar-refractivity contribution in [2.24, 2.45) is 17.8 Å². The van der Waals surface area contributed by atoms with E-state index in [1.807, 2.05) is 0 Å². The van der Waals surface area contributed by atoms with Crippen molar-refractivity contribution in [1.29, 1.82) is 0 Å². The van der Waals surface area contributed by atoms with Gasteiger partial charge in [0.25, 0.3) is 0 Å². The zero-order valence-corrected chi connectivity index (χ0v) is 14.3. The van der Waals surface area contributed by atoms with Crippen LogP contribution in [0.1, 0.15) is 39.5 Å². The molecule has 1 amide bonds. The maximum atomic E-state index is 13.7. The minimum Gasteiger partial charge on any atom is -0.352 e. The van der Waals surface area contributed by atoms with E-state index >= 15 is 0 Å². The number of rotatable bonds is 5. The Labute approximate surface area is 140 Å². The average Bonchev–Trinajstić information content (AvgIpc) is 3.12. The Balaban J connectivity index is 1.55. The highest BCUT2D eigenvalue weighted by molar-refractivity contribution is 8.00. The van der Waals surface area contributed by atoms with Crippen molar-refractivity contribution in [2.45, 2.75) is 55.7 Å². The van der Waals surface area contributed by atoms with Crippen molar-refractivity contribution < 1.29 is 13.6 Å². The van der Waals surface area contributed by atoms with Crippen LogP contribution in [0, 0.1) is 29.4 Å². The maximum Gasteiger partial charge on any atom is 0.233 e. The molecule has 0 spiro atoms. The molecule has 3 rings (SSSR count). The predicted octanol–water partition coefficient (Wildman–Crippen LogP) is 4.39. The summed E-state index contributed by atoms with van der Waals surface area (Å²) in [7, 11) is 0. The van der Waals surface area contributed by atoms with Crippen LogP contribution >= 0.6 is 11.8 Å². The third-order valence-corrected chi connectivity index (χ3v) is 6.52. The van der Waals surface area contributed by atoms with Gasteiger partial charge in [-0.05, 0) is 63.0 Å². The highest BCUT2D eigenvalue weighted by atomic mass is 32.2. The normalized spacial score (nSPS) is 28.6. The van der Waals surface area contributed by atoms with Crippen LogP contribution in [0.4, 0.5) is 8.78 Å². The van der Waals surface area contributed by atoms with Gasteiger partial charge < -0.3 is 5.32 Å². The highest BCUT2D eigenvalue weighted by Gasteiger charge is 2.42. The number of amides is 1. The summed E-state index contributed by atoms with van der Waals surface area (Å²) in [6, 6.07) is 3.62. The first kappa shape index (κ1) is 16.7. The lowest BCUT2D eigenvalue weighted by atomic mass is 9.84. The first-order chi connectivity index (χ1) is 10.9. The van der Waals surface area contributed by atoms with Crippen molar-refractivity contribution in [2.75, 3.05) is 0 Å². The molecule has 0 radical (unpaired) electrons. The lowest BCUT2D eigenvalue weighted by Gasteiger charge is -2.29. The molecule has 0 aromatic heterocycles. The zero-order chi connectivity index (χ0) is 16.6. The summed E-state index contributed by atoms with van der Waals surface area (Å²) < 4.78 is 26.6. The molecule has 1 N–H and O–H groups in total. The van der Waals surface area contributed by atoms with Crippen LogP contribution in [0.25, 0.3) is 0 Å². The maximum absolute atomic E-state index is 13.7. The number of thioether (sulfide) groups is 1. The van der Waals surface area contributed by atoms with Crippen LogP contribution in [-0.4, -0.2) is 17.2 Å². The molecule has 0 aliphatic heterocycles. The highest BCUT2D eigenvalue weighted by Crippen LogP contribution is 2.49. The van der Waals surface area contributed by atoms with E-state index in [1.54, 1.807) is 6.92 Å².